The maximum absolute atomic E-state index is 12.0. The predicted molar refractivity (Wildman–Crippen MR) is 86.1 cm³/mol. The third-order valence-corrected chi connectivity index (χ3v) is 3.79. The van der Waals surface area contributed by atoms with E-state index in [1.807, 2.05) is 0 Å². The lowest BCUT2D eigenvalue weighted by molar-refractivity contribution is -0.134. The summed E-state index contributed by atoms with van der Waals surface area (Å²) in [6.45, 7) is 2.16. The van der Waals surface area contributed by atoms with Crippen LogP contribution in [-0.2, 0) is 9.59 Å². The van der Waals surface area contributed by atoms with Crippen molar-refractivity contribution in [1.29, 1.82) is 0 Å². The number of likely N-dealkylation sites (tertiary alicyclic amines) is 1. The molecule has 1 unspecified atom stereocenters. The number of amides is 4. The van der Waals surface area contributed by atoms with Gasteiger partial charge in [-0.05, 0) is 25.0 Å². The first kappa shape index (κ1) is 16.7. The van der Waals surface area contributed by atoms with Crippen LogP contribution in [0, 0.1) is 0 Å². The number of piperidine rings is 1. The molecule has 1 fully saturated rings. The van der Waals surface area contributed by atoms with Gasteiger partial charge in [-0.1, -0.05) is 0 Å². The molecule has 124 valence electrons. The van der Waals surface area contributed by atoms with E-state index in [0.29, 0.717) is 24.5 Å². The molecule has 8 heteroatoms. The molecule has 0 bridgehead atoms. The Bertz CT molecular complexity index is 602. The molecule has 1 aliphatic heterocycles. The number of pyridine rings is 1. The van der Waals surface area contributed by atoms with Gasteiger partial charge in [0.1, 0.15) is 11.9 Å². The Hall–Kier alpha value is -2.64. The highest BCUT2D eigenvalue weighted by atomic mass is 16.2. The van der Waals surface area contributed by atoms with Gasteiger partial charge in [-0.2, -0.15) is 0 Å². The number of carbonyl (C=O) groups excluding carboxylic acids is 3. The van der Waals surface area contributed by atoms with Crippen LogP contribution in [0.3, 0.4) is 0 Å². The Morgan fingerprint density at radius 2 is 2.13 bits per heavy atom. The Morgan fingerprint density at radius 1 is 1.39 bits per heavy atom. The van der Waals surface area contributed by atoms with Crippen molar-refractivity contribution in [2.45, 2.75) is 25.8 Å². The van der Waals surface area contributed by atoms with E-state index >= 15 is 0 Å². The normalized spacial score (nSPS) is 17.6. The third kappa shape index (κ3) is 4.18. The van der Waals surface area contributed by atoms with Crippen molar-refractivity contribution in [1.82, 2.24) is 15.2 Å². The predicted octanol–water partition coefficient (Wildman–Crippen LogP) is 0.807. The van der Waals surface area contributed by atoms with Crippen LogP contribution in [0.5, 0.6) is 0 Å². The van der Waals surface area contributed by atoms with Crippen molar-refractivity contribution in [3.63, 3.8) is 0 Å². The number of hydrogen-bond donors (Lipinski definition) is 2. The highest BCUT2D eigenvalue weighted by molar-refractivity contribution is 5.94. The van der Waals surface area contributed by atoms with E-state index in [9.17, 15) is 14.4 Å². The quantitative estimate of drug-likeness (QED) is 0.862. The molecule has 1 aromatic heterocycles. The van der Waals surface area contributed by atoms with Crippen molar-refractivity contribution in [3.05, 3.63) is 18.3 Å². The minimum Gasteiger partial charge on any atom is -0.344 e. The van der Waals surface area contributed by atoms with Crippen LogP contribution in [0.15, 0.2) is 18.3 Å². The average Bonchev–Trinajstić information content (AvgIpc) is 2.52. The van der Waals surface area contributed by atoms with Gasteiger partial charge in [-0.25, -0.2) is 9.78 Å². The number of carbonyl (C=O) groups is 3. The minimum absolute atomic E-state index is 0.0806. The van der Waals surface area contributed by atoms with Gasteiger partial charge in [0.15, 0.2) is 0 Å². The van der Waals surface area contributed by atoms with Crippen LogP contribution in [0.1, 0.15) is 19.8 Å². The number of likely N-dealkylation sites (N-methyl/N-ethyl adjacent to an activating group) is 1. The summed E-state index contributed by atoms with van der Waals surface area (Å²) < 4.78 is 0. The summed E-state index contributed by atoms with van der Waals surface area (Å²) in [6, 6.07) is 2.34. The Kier molecular flexibility index (Phi) is 5.15. The molecule has 2 heterocycles. The monoisotopic (exact) mass is 319 g/mol. The van der Waals surface area contributed by atoms with Crippen LogP contribution in [0.4, 0.5) is 16.3 Å². The van der Waals surface area contributed by atoms with Crippen LogP contribution < -0.4 is 15.5 Å². The van der Waals surface area contributed by atoms with E-state index in [1.165, 1.54) is 18.0 Å². The Balaban J connectivity index is 1.92. The molecule has 1 aliphatic rings. The van der Waals surface area contributed by atoms with E-state index in [1.54, 1.807) is 31.1 Å². The van der Waals surface area contributed by atoms with Crippen LogP contribution in [0.2, 0.25) is 0 Å². The fraction of sp³-hybridized carbons (Fsp3) is 0.467. The van der Waals surface area contributed by atoms with Crippen LogP contribution in [0.25, 0.3) is 0 Å². The Labute approximate surface area is 134 Å². The molecule has 1 aromatic rings. The molecule has 0 spiro atoms. The molecule has 0 aromatic carbocycles. The second-order valence-corrected chi connectivity index (χ2v) is 5.54. The van der Waals surface area contributed by atoms with Gasteiger partial charge in [-0.15, -0.1) is 0 Å². The second kappa shape index (κ2) is 7.08. The molecule has 1 atom stereocenters. The van der Waals surface area contributed by atoms with Crippen molar-refractivity contribution in [2.24, 2.45) is 0 Å². The zero-order chi connectivity index (χ0) is 17.0. The first-order valence-corrected chi connectivity index (χ1v) is 7.41. The summed E-state index contributed by atoms with van der Waals surface area (Å²) in [5.41, 5.74) is 0.486. The summed E-state index contributed by atoms with van der Waals surface area (Å²) in [4.78, 5) is 42.3. The maximum Gasteiger partial charge on any atom is 0.319 e. The number of rotatable bonds is 3. The van der Waals surface area contributed by atoms with Crippen molar-refractivity contribution in [3.8, 4) is 0 Å². The fourth-order valence-corrected chi connectivity index (χ4v) is 2.31. The van der Waals surface area contributed by atoms with Crippen molar-refractivity contribution < 1.29 is 14.4 Å². The fourth-order valence-electron chi connectivity index (χ4n) is 2.31. The SMILES string of the molecule is CC(=O)N(C)c1ccc(NC(=O)NC2CCCN(C)C2=O)cn1. The van der Waals surface area contributed by atoms with Crippen molar-refractivity contribution >= 4 is 29.4 Å². The van der Waals surface area contributed by atoms with Crippen molar-refractivity contribution in [2.75, 3.05) is 30.9 Å². The van der Waals surface area contributed by atoms with E-state index < -0.39 is 12.1 Å². The number of anilines is 2. The average molecular weight is 319 g/mol. The lowest BCUT2D eigenvalue weighted by Crippen LogP contribution is -2.51. The summed E-state index contributed by atoms with van der Waals surface area (Å²) >= 11 is 0. The molecule has 0 radical (unpaired) electrons. The zero-order valence-corrected chi connectivity index (χ0v) is 13.5. The largest absolute Gasteiger partial charge is 0.344 e. The van der Waals surface area contributed by atoms with E-state index in [0.717, 1.165) is 6.42 Å². The highest BCUT2D eigenvalue weighted by Crippen LogP contribution is 2.14. The second-order valence-electron chi connectivity index (χ2n) is 5.54. The van der Waals surface area contributed by atoms with E-state index in [-0.39, 0.29) is 11.8 Å². The minimum atomic E-state index is -0.496. The molecule has 2 N–H and O–H groups in total. The molecule has 23 heavy (non-hydrogen) atoms. The van der Waals surface area contributed by atoms with Gasteiger partial charge in [0.25, 0.3) is 0 Å². The summed E-state index contributed by atoms with van der Waals surface area (Å²) in [6.07, 6.45) is 2.96. The van der Waals surface area contributed by atoms with Gasteiger partial charge in [0, 0.05) is 27.6 Å². The number of nitrogens with zero attached hydrogens (tertiary/aromatic N) is 3. The summed E-state index contributed by atoms with van der Waals surface area (Å²) in [7, 11) is 3.35. The lowest BCUT2D eigenvalue weighted by atomic mass is 10.1. The van der Waals surface area contributed by atoms with E-state index in [4.69, 9.17) is 0 Å². The van der Waals surface area contributed by atoms with Gasteiger partial charge in [0.2, 0.25) is 11.8 Å². The molecular weight excluding hydrogens is 298 g/mol. The first-order valence-electron chi connectivity index (χ1n) is 7.41. The lowest BCUT2D eigenvalue weighted by Gasteiger charge is -2.29. The van der Waals surface area contributed by atoms with Gasteiger partial charge in [0.05, 0.1) is 11.9 Å². The maximum atomic E-state index is 12.0. The van der Waals surface area contributed by atoms with Gasteiger partial charge >= 0.3 is 6.03 Å². The molecule has 8 nitrogen and oxygen atoms in total. The van der Waals surface area contributed by atoms with Gasteiger partial charge in [-0.3, -0.25) is 9.59 Å². The standard InChI is InChI=1S/C15H21N5O3/c1-10(21)20(3)13-7-6-11(9-16-13)17-15(23)18-12-5-4-8-19(2)14(12)22/h6-7,9,12H,4-5,8H2,1-3H3,(H2,17,18,23). The third-order valence-electron chi connectivity index (χ3n) is 3.79. The molecular formula is C15H21N5O3. The first-order chi connectivity index (χ1) is 10.9. The molecule has 0 aliphatic carbocycles. The van der Waals surface area contributed by atoms with Gasteiger partial charge < -0.3 is 20.4 Å². The molecule has 4 amide bonds. The highest BCUT2D eigenvalue weighted by Gasteiger charge is 2.27. The van der Waals surface area contributed by atoms with E-state index in [2.05, 4.69) is 15.6 Å². The topological polar surface area (TPSA) is 94.6 Å². The number of nitrogens with one attached hydrogen (secondary N) is 2. The Morgan fingerprint density at radius 3 is 2.74 bits per heavy atom. The zero-order valence-electron chi connectivity index (χ0n) is 13.5. The smallest absolute Gasteiger partial charge is 0.319 e. The number of hydrogen-bond acceptors (Lipinski definition) is 4. The molecule has 1 saturated heterocycles. The summed E-state index contributed by atoms with van der Waals surface area (Å²) in [5, 5.41) is 5.30. The van der Waals surface area contributed by atoms with Crippen LogP contribution >= 0.6 is 0 Å². The molecule has 2 rings (SSSR count). The van der Waals surface area contributed by atoms with Crippen LogP contribution in [-0.4, -0.2) is 54.4 Å². The number of aromatic nitrogens is 1. The number of urea groups is 1. The molecule has 0 saturated carbocycles. The summed E-state index contributed by atoms with van der Waals surface area (Å²) in [5.74, 6) is 0.284.